The lowest BCUT2D eigenvalue weighted by Gasteiger charge is -2.32. The fraction of sp³-hybridized carbons (Fsp3) is 0.909. The van der Waals surface area contributed by atoms with Crippen molar-refractivity contribution in [1.82, 2.24) is 4.90 Å². The van der Waals surface area contributed by atoms with Gasteiger partial charge in [-0.2, -0.15) is 0 Å². The molecule has 1 fully saturated rings. The van der Waals surface area contributed by atoms with E-state index in [1.54, 1.807) is 0 Å². The quantitative estimate of drug-likeness (QED) is 0.683. The minimum Gasteiger partial charge on any atom is -0.449 e. The van der Waals surface area contributed by atoms with Gasteiger partial charge in [0.2, 0.25) is 0 Å². The van der Waals surface area contributed by atoms with E-state index in [-0.39, 0.29) is 6.09 Å². The van der Waals surface area contributed by atoms with Crippen LogP contribution in [-0.2, 0) is 4.74 Å². The van der Waals surface area contributed by atoms with Gasteiger partial charge in [0.25, 0.3) is 0 Å². The number of nitrogens with zero attached hydrogens (tertiary/aromatic N) is 1. The van der Waals surface area contributed by atoms with E-state index in [1.165, 1.54) is 12.8 Å². The molecule has 1 atom stereocenters. The lowest BCUT2D eigenvalue weighted by atomic mass is 10.1. The molecule has 0 radical (unpaired) electrons. The van der Waals surface area contributed by atoms with Gasteiger partial charge in [0.1, 0.15) is 0 Å². The van der Waals surface area contributed by atoms with Crippen molar-refractivity contribution in [3.8, 4) is 0 Å². The molecule has 4 heteroatoms. The zero-order valence-corrected chi connectivity index (χ0v) is 9.58. The second-order valence-corrected chi connectivity index (χ2v) is 4.17. The van der Waals surface area contributed by atoms with Gasteiger partial charge < -0.3 is 15.4 Å². The summed E-state index contributed by atoms with van der Waals surface area (Å²) in [6, 6.07) is 0. The van der Waals surface area contributed by atoms with E-state index in [1.807, 2.05) is 4.90 Å². The summed E-state index contributed by atoms with van der Waals surface area (Å²) in [7, 11) is 0. The lowest BCUT2D eigenvalue weighted by Crippen LogP contribution is -2.43. The number of carbonyl (C=O) groups is 1. The molecule has 15 heavy (non-hydrogen) atoms. The van der Waals surface area contributed by atoms with Crippen molar-refractivity contribution >= 4 is 6.09 Å². The third-order valence-electron chi connectivity index (χ3n) is 2.79. The van der Waals surface area contributed by atoms with E-state index in [4.69, 9.17) is 10.5 Å². The van der Waals surface area contributed by atoms with E-state index in [0.29, 0.717) is 19.1 Å². The predicted octanol–water partition coefficient (Wildman–Crippen LogP) is 1.59. The largest absolute Gasteiger partial charge is 0.449 e. The molecule has 1 amide bonds. The van der Waals surface area contributed by atoms with Crippen LogP contribution in [0, 0.1) is 5.92 Å². The number of nitrogens with two attached hydrogens (primary N) is 1. The SMILES string of the molecule is CCCCCN1CC(CCN)COC1=O. The molecule has 1 heterocycles. The van der Waals surface area contributed by atoms with Crippen LogP contribution in [0.25, 0.3) is 0 Å². The van der Waals surface area contributed by atoms with Crippen LogP contribution in [0.4, 0.5) is 4.79 Å². The molecule has 0 spiro atoms. The van der Waals surface area contributed by atoms with E-state index in [0.717, 1.165) is 25.9 Å². The summed E-state index contributed by atoms with van der Waals surface area (Å²) in [5.41, 5.74) is 5.50. The smallest absolute Gasteiger partial charge is 0.409 e. The van der Waals surface area contributed by atoms with Gasteiger partial charge in [-0.05, 0) is 19.4 Å². The van der Waals surface area contributed by atoms with Crippen LogP contribution >= 0.6 is 0 Å². The third-order valence-corrected chi connectivity index (χ3v) is 2.79. The number of rotatable bonds is 6. The molecule has 0 aromatic rings. The highest BCUT2D eigenvalue weighted by Crippen LogP contribution is 2.14. The van der Waals surface area contributed by atoms with Crippen LogP contribution in [0.3, 0.4) is 0 Å². The summed E-state index contributed by atoms with van der Waals surface area (Å²) in [4.78, 5) is 13.2. The van der Waals surface area contributed by atoms with Crippen molar-refractivity contribution in [2.24, 2.45) is 11.7 Å². The molecule has 4 nitrogen and oxygen atoms in total. The van der Waals surface area contributed by atoms with Crippen LogP contribution in [0.15, 0.2) is 0 Å². The summed E-state index contributed by atoms with van der Waals surface area (Å²) in [6.07, 6.45) is 4.21. The van der Waals surface area contributed by atoms with Crippen LogP contribution < -0.4 is 5.73 Å². The van der Waals surface area contributed by atoms with Gasteiger partial charge in [-0.15, -0.1) is 0 Å². The molecule has 0 bridgehead atoms. The summed E-state index contributed by atoms with van der Waals surface area (Å²) in [6.45, 7) is 5.02. The van der Waals surface area contributed by atoms with Gasteiger partial charge in [0.05, 0.1) is 6.61 Å². The van der Waals surface area contributed by atoms with E-state index in [2.05, 4.69) is 6.92 Å². The standard InChI is InChI=1S/C11H22N2O2/c1-2-3-4-7-13-8-10(5-6-12)9-15-11(13)14/h10H,2-9,12H2,1H3. The maximum absolute atomic E-state index is 11.4. The second kappa shape index (κ2) is 6.67. The second-order valence-electron chi connectivity index (χ2n) is 4.17. The van der Waals surface area contributed by atoms with Crippen molar-refractivity contribution in [3.63, 3.8) is 0 Å². The van der Waals surface area contributed by atoms with Gasteiger partial charge >= 0.3 is 6.09 Å². The first-order chi connectivity index (χ1) is 7.27. The molecule has 1 aliphatic heterocycles. The van der Waals surface area contributed by atoms with Gasteiger partial charge in [0, 0.05) is 19.0 Å². The predicted molar refractivity (Wildman–Crippen MR) is 59.6 cm³/mol. The number of hydrogen-bond acceptors (Lipinski definition) is 3. The Balaban J connectivity index is 2.29. The summed E-state index contributed by atoms with van der Waals surface area (Å²) >= 11 is 0. The highest BCUT2D eigenvalue weighted by Gasteiger charge is 2.25. The molecular formula is C11H22N2O2. The van der Waals surface area contributed by atoms with E-state index >= 15 is 0 Å². The molecule has 2 N–H and O–H groups in total. The van der Waals surface area contributed by atoms with Crippen molar-refractivity contribution in [1.29, 1.82) is 0 Å². The first-order valence-corrected chi connectivity index (χ1v) is 5.89. The molecule has 0 aromatic heterocycles. The summed E-state index contributed by atoms with van der Waals surface area (Å²) in [5.74, 6) is 0.425. The molecule has 1 unspecified atom stereocenters. The minimum absolute atomic E-state index is 0.153. The maximum atomic E-state index is 11.4. The van der Waals surface area contributed by atoms with Crippen molar-refractivity contribution in [2.75, 3.05) is 26.2 Å². The molecule has 1 aliphatic rings. The molecule has 0 aromatic carbocycles. The number of carbonyl (C=O) groups excluding carboxylic acids is 1. The molecule has 88 valence electrons. The van der Waals surface area contributed by atoms with Gasteiger partial charge in [-0.25, -0.2) is 4.79 Å². The monoisotopic (exact) mass is 214 g/mol. The fourth-order valence-corrected chi connectivity index (χ4v) is 1.86. The lowest BCUT2D eigenvalue weighted by molar-refractivity contribution is 0.0409. The molecule has 0 saturated carbocycles. The first-order valence-electron chi connectivity index (χ1n) is 5.89. The average Bonchev–Trinajstić information content (AvgIpc) is 2.23. The number of hydrogen-bond donors (Lipinski definition) is 1. The van der Waals surface area contributed by atoms with Gasteiger partial charge in [-0.1, -0.05) is 19.8 Å². The zero-order valence-electron chi connectivity index (χ0n) is 9.58. The van der Waals surface area contributed by atoms with Crippen molar-refractivity contribution in [3.05, 3.63) is 0 Å². The molecule has 0 aliphatic carbocycles. The minimum atomic E-state index is -0.153. The number of cyclic esters (lactones) is 1. The van der Waals surface area contributed by atoms with Crippen molar-refractivity contribution in [2.45, 2.75) is 32.6 Å². The normalized spacial score (nSPS) is 21.6. The molecule has 1 saturated heterocycles. The maximum Gasteiger partial charge on any atom is 0.409 e. The van der Waals surface area contributed by atoms with Crippen LogP contribution in [0.5, 0.6) is 0 Å². The van der Waals surface area contributed by atoms with E-state index in [9.17, 15) is 4.79 Å². The number of amides is 1. The number of ether oxygens (including phenoxy) is 1. The van der Waals surface area contributed by atoms with Crippen LogP contribution in [-0.4, -0.2) is 37.2 Å². The third kappa shape index (κ3) is 4.08. The Morgan fingerprint density at radius 3 is 3.00 bits per heavy atom. The van der Waals surface area contributed by atoms with Crippen LogP contribution in [0.1, 0.15) is 32.6 Å². The zero-order chi connectivity index (χ0) is 11.1. The highest BCUT2D eigenvalue weighted by molar-refractivity contribution is 5.68. The Morgan fingerprint density at radius 2 is 2.33 bits per heavy atom. The highest BCUT2D eigenvalue weighted by atomic mass is 16.6. The van der Waals surface area contributed by atoms with E-state index < -0.39 is 0 Å². The average molecular weight is 214 g/mol. The van der Waals surface area contributed by atoms with Gasteiger partial charge in [-0.3, -0.25) is 0 Å². The Hall–Kier alpha value is -0.770. The Kier molecular flexibility index (Phi) is 5.47. The fourth-order valence-electron chi connectivity index (χ4n) is 1.86. The van der Waals surface area contributed by atoms with Crippen LogP contribution in [0.2, 0.25) is 0 Å². The summed E-state index contributed by atoms with van der Waals surface area (Å²) < 4.78 is 5.12. The molecular weight excluding hydrogens is 192 g/mol. The first kappa shape index (κ1) is 12.3. The number of unbranched alkanes of at least 4 members (excludes halogenated alkanes) is 2. The Labute approximate surface area is 91.8 Å². The topological polar surface area (TPSA) is 55.6 Å². The Bertz CT molecular complexity index is 197. The van der Waals surface area contributed by atoms with Gasteiger partial charge in [0.15, 0.2) is 0 Å². The molecule has 1 rings (SSSR count). The van der Waals surface area contributed by atoms with Crippen molar-refractivity contribution < 1.29 is 9.53 Å². The summed E-state index contributed by atoms with van der Waals surface area (Å²) in [5, 5.41) is 0. The Morgan fingerprint density at radius 1 is 1.53 bits per heavy atom.